The van der Waals surface area contributed by atoms with E-state index in [1.165, 1.54) is 19.3 Å². The van der Waals surface area contributed by atoms with Gasteiger partial charge in [0.1, 0.15) is 6.23 Å². The molecule has 0 aliphatic carbocycles. The Bertz CT molecular complexity index is 446. The van der Waals surface area contributed by atoms with Crippen molar-refractivity contribution in [3.8, 4) is 11.5 Å². The van der Waals surface area contributed by atoms with Crippen molar-refractivity contribution in [2.45, 2.75) is 51.5 Å². The summed E-state index contributed by atoms with van der Waals surface area (Å²) in [5.41, 5.74) is 0. The van der Waals surface area contributed by atoms with Crippen LogP contribution in [0.2, 0.25) is 0 Å². The molecule has 3 rings (SSSR count). The van der Waals surface area contributed by atoms with Crippen LogP contribution in [0.5, 0.6) is 11.5 Å². The minimum Gasteiger partial charge on any atom is -0.449 e. The number of likely N-dealkylation sites (tertiary alicyclic amines) is 1. The van der Waals surface area contributed by atoms with E-state index in [0.29, 0.717) is 6.61 Å². The first kappa shape index (κ1) is 14.7. The van der Waals surface area contributed by atoms with Gasteiger partial charge in [-0.2, -0.15) is 0 Å². The molecule has 0 bridgehead atoms. The standard InChI is InChI=1S/C17H25NO3/c1-14(18-11-6-3-7-12-18)19-13-10-17(2)20-15-8-4-5-9-16(15)21-17/h4-5,8-9,14H,3,6-7,10-13H2,1-2H3. The number of ether oxygens (including phenoxy) is 3. The van der Waals surface area contributed by atoms with Gasteiger partial charge in [0.2, 0.25) is 0 Å². The average molecular weight is 291 g/mol. The van der Waals surface area contributed by atoms with Crippen molar-refractivity contribution in [3.05, 3.63) is 24.3 Å². The van der Waals surface area contributed by atoms with Crippen molar-refractivity contribution in [3.63, 3.8) is 0 Å². The maximum absolute atomic E-state index is 5.97. The number of nitrogens with zero attached hydrogens (tertiary/aromatic N) is 1. The molecule has 0 spiro atoms. The predicted octanol–water partition coefficient (Wildman–Crippen LogP) is 3.41. The van der Waals surface area contributed by atoms with Crippen LogP contribution in [0.25, 0.3) is 0 Å². The molecule has 0 amide bonds. The molecular weight excluding hydrogens is 266 g/mol. The fraction of sp³-hybridized carbons (Fsp3) is 0.647. The van der Waals surface area contributed by atoms with E-state index in [4.69, 9.17) is 14.2 Å². The highest BCUT2D eigenvalue weighted by atomic mass is 16.7. The first-order valence-electron chi connectivity index (χ1n) is 7.99. The maximum Gasteiger partial charge on any atom is 0.251 e. The van der Waals surface area contributed by atoms with Crippen molar-refractivity contribution in [2.75, 3.05) is 19.7 Å². The summed E-state index contributed by atoms with van der Waals surface area (Å²) in [4.78, 5) is 2.41. The number of para-hydroxylation sites is 2. The van der Waals surface area contributed by atoms with E-state index < -0.39 is 5.79 Å². The van der Waals surface area contributed by atoms with E-state index in [1.807, 2.05) is 31.2 Å². The molecule has 1 aromatic carbocycles. The highest BCUT2D eigenvalue weighted by molar-refractivity contribution is 5.42. The lowest BCUT2D eigenvalue weighted by molar-refractivity contribution is -0.111. The van der Waals surface area contributed by atoms with Crippen molar-refractivity contribution >= 4 is 0 Å². The number of hydrogen-bond donors (Lipinski definition) is 0. The molecule has 21 heavy (non-hydrogen) atoms. The van der Waals surface area contributed by atoms with Crippen LogP contribution >= 0.6 is 0 Å². The summed E-state index contributed by atoms with van der Waals surface area (Å²) < 4.78 is 17.8. The van der Waals surface area contributed by atoms with Crippen LogP contribution in [-0.2, 0) is 4.74 Å². The van der Waals surface area contributed by atoms with Crippen molar-refractivity contribution in [1.29, 1.82) is 0 Å². The van der Waals surface area contributed by atoms with Gasteiger partial charge in [-0.25, -0.2) is 0 Å². The van der Waals surface area contributed by atoms with E-state index in [1.54, 1.807) is 0 Å². The van der Waals surface area contributed by atoms with Crippen molar-refractivity contribution in [1.82, 2.24) is 4.90 Å². The molecular formula is C17H25NO3. The summed E-state index contributed by atoms with van der Waals surface area (Å²) in [6.07, 6.45) is 4.82. The molecule has 1 atom stereocenters. The second-order valence-corrected chi connectivity index (χ2v) is 6.10. The highest BCUT2D eigenvalue weighted by Crippen LogP contribution is 2.40. The molecule has 4 heteroatoms. The molecule has 116 valence electrons. The van der Waals surface area contributed by atoms with Gasteiger partial charge in [-0.3, -0.25) is 4.90 Å². The third-order valence-corrected chi connectivity index (χ3v) is 4.32. The zero-order chi connectivity index (χ0) is 14.7. The second kappa shape index (κ2) is 6.24. The van der Waals surface area contributed by atoms with Gasteiger partial charge in [-0.15, -0.1) is 0 Å². The molecule has 4 nitrogen and oxygen atoms in total. The molecule has 1 saturated heterocycles. The summed E-state index contributed by atoms with van der Waals surface area (Å²) in [6.45, 7) is 7.05. The molecule has 2 aliphatic rings. The Morgan fingerprint density at radius 2 is 1.76 bits per heavy atom. The Hall–Kier alpha value is -1.26. The number of benzene rings is 1. The molecule has 0 aromatic heterocycles. The first-order valence-corrected chi connectivity index (χ1v) is 7.99. The molecule has 0 N–H and O–H groups in total. The normalized spacial score (nSPS) is 22.2. The lowest BCUT2D eigenvalue weighted by Crippen LogP contribution is -2.41. The largest absolute Gasteiger partial charge is 0.449 e. The van der Waals surface area contributed by atoms with Crippen LogP contribution in [0.3, 0.4) is 0 Å². The van der Waals surface area contributed by atoms with Gasteiger partial charge in [0.25, 0.3) is 5.79 Å². The molecule has 1 fully saturated rings. The summed E-state index contributed by atoms with van der Waals surface area (Å²) >= 11 is 0. The van der Waals surface area contributed by atoms with E-state index in [0.717, 1.165) is 31.0 Å². The summed E-state index contributed by atoms with van der Waals surface area (Å²) in [6, 6.07) is 7.81. The monoisotopic (exact) mass is 291 g/mol. The number of hydrogen-bond acceptors (Lipinski definition) is 4. The van der Waals surface area contributed by atoms with Crippen molar-refractivity contribution in [2.24, 2.45) is 0 Å². The Morgan fingerprint density at radius 3 is 2.38 bits per heavy atom. The van der Waals surface area contributed by atoms with Crippen molar-refractivity contribution < 1.29 is 14.2 Å². The van der Waals surface area contributed by atoms with E-state index in [2.05, 4.69) is 11.8 Å². The summed E-state index contributed by atoms with van der Waals surface area (Å²) in [5, 5.41) is 0. The lowest BCUT2D eigenvalue weighted by atomic mass is 10.1. The van der Waals surface area contributed by atoms with E-state index in [9.17, 15) is 0 Å². The van der Waals surface area contributed by atoms with E-state index in [-0.39, 0.29) is 6.23 Å². The molecule has 2 heterocycles. The van der Waals surface area contributed by atoms with E-state index >= 15 is 0 Å². The van der Waals surface area contributed by atoms with Crippen LogP contribution in [0.1, 0.15) is 39.5 Å². The second-order valence-electron chi connectivity index (χ2n) is 6.10. The quantitative estimate of drug-likeness (QED) is 0.832. The summed E-state index contributed by atoms with van der Waals surface area (Å²) in [5.74, 6) is 1.04. The lowest BCUT2D eigenvalue weighted by Gasteiger charge is -2.32. The van der Waals surface area contributed by atoms with Gasteiger partial charge in [-0.1, -0.05) is 18.6 Å². The van der Waals surface area contributed by atoms with Gasteiger partial charge in [0.05, 0.1) is 6.61 Å². The Labute approximate surface area is 127 Å². The third-order valence-electron chi connectivity index (χ3n) is 4.32. The van der Waals surface area contributed by atoms with Gasteiger partial charge >= 0.3 is 0 Å². The molecule has 1 aromatic rings. The van der Waals surface area contributed by atoms with Gasteiger partial charge in [-0.05, 0) is 31.9 Å². The number of piperidine rings is 1. The van der Waals surface area contributed by atoms with Crippen LogP contribution in [0.15, 0.2) is 24.3 Å². The minimum atomic E-state index is -0.606. The van der Waals surface area contributed by atoms with Crippen LogP contribution < -0.4 is 9.47 Å². The maximum atomic E-state index is 5.97. The predicted molar refractivity (Wildman–Crippen MR) is 81.6 cm³/mol. The van der Waals surface area contributed by atoms with Crippen LogP contribution in [0.4, 0.5) is 0 Å². The fourth-order valence-electron chi connectivity index (χ4n) is 3.01. The topological polar surface area (TPSA) is 30.9 Å². The Morgan fingerprint density at radius 1 is 1.14 bits per heavy atom. The van der Waals surface area contributed by atoms with Crippen LogP contribution in [0, 0.1) is 0 Å². The number of fused-ring (bicyclic) bond motifs is 1. The van der Waals surface area contributed by atoms with Gasteiger partial charge < -0.3 is 14.2 Å². The minimum absolute atomic E-state index is 0.178. The third kappa shape index (κ3) is 3.50. The molecule has 0 saturated carbocycles. The van der Waals surface area contributed by atoms with Gasteiger partial charge in [0, 0.05) is 26.4 Å². The molecule has 0 radical (unpaired) electrons. The number of rotatable bonds is 5. The summed E-state index contributed by atoms with van der Waals surface area (Å²) in [7, 11) is 0. The highest BCUT2D eigenvalue weighted by Gasteiger charge is 2.36. The zero-order valence-electron chi connectivity index (χ0n) is 13.0. The Kier molecular flexibility index (Phi) is 4.36. The van der Waals surface area contributed by atoms with Crippen LogP contribution in [-0.4, -0.2) is 36.6 Å². The molecule has 2 aliphatic heterocycles. The Balaban J connectivity index is 1.45. The zero-order valence-corrected chi connectivity index (χ0v) is 13.0. The molecule has 1 unspecified atom stereocenters. The van der Waals surface area contributed by atoms with Gasteiger partial charge in [0.15, 0.2) is 11.5 Å². The first-order chi connectivity index (χ1) is 10.2. The smallest absolute Gasteiger partial charge is 0.251 e. The fourth-order valence-corrected chi connectivity index (χ4v) is 3.01. The SMILES string of the molecule is CC(OCCC1(C)Oc2ccccc2O1)N1CCCCC1. The average Bonchev–Trinajstić information content (AvgIpc) is 2.84.